The second-order valence-electron chi connectivity index (χ2n) is 22.4. The van der Waals surface area contributed by atoms with E-state index in [4.69, 9.17) is 9.97 Å². The van der Waals surface area contributed by atoms with E-state index in [0.29, 0.717) is 11.4 Å². The van der Waals surface area contributed by atoms with Gasteiger partial charge in [0.2, 0.25) is 0 Å². The first kappa shape index (κ1) is 46.3. The number of fused-ring (bicyclic) bond motifs is 4. The van der Waals surface area contributed by atoms with Crippen molar-refractivity contribution < 1.29 is 26.2 Å². The van der Waals surface area contributed by atoms with E-state index in [9.17, 15) is 5.11 Å². The fourth-order valence-electron chi connectivity index (χ4n) is 9.13. The number of pyridine rings is 1. The Labute approximate surface area is 401 Å². The molecule has 9 rings (SSSR count). The molecule has 8 aromatic rings. The van der Waals surface area contributed by atoms with Gasteiger partial charge in [-0.2, -0.15) is 0 Å². The topological polar surface area (TPSA) is 81.7 Å². The van der Waals surface area contributed by atoms with E-state index in [0.717, 1.165) is 72.5 Å². The van der Waals surface area contributed by atoms with Crippen molar-refractivity contribution >= 4 is 43.0 Å². The molecule has 65 heavy (non-hydrogen) atoms. The molecule has 0 saturated carbocycles. The van der Waals surface area contributed by atoms with Crippen LogP contribution >= 0.6 is 0 Å². The van der Waals surface area contributed by atoms with Gasteiger partial charge in [0, 0.05) is 44.1 Å². The van der Waals surface area contributed by atoms with Crippen molar-refractivity contribution in [2.45, 2.75) is 111 Å². The minimum absolute atomic E-state index is 0. The molecule has 1 aliphatic rings. The minimum atomic E-state index is -2.10. The molecule has 10 heteroatoms. The van der Waals surface area contributed by atoms with Crippen LogP contribution in [0.5, 0.6) is 5.75 Å². The standard InChI is InChI=1S/C55H61N6OSi2.Pt/c1-53(2,3)37-26-35(25-36(27-37)44-31-48-47(32-56-44)60-33-57-59-52(60)64(48,13)14)40-21-18-22-46-49(40)58-51(42-28-38(54(4,5)6)29-43(50(42)62)55(7,8)9)61(46)45-24-23-39(63(10,11)12)30-41(45)34-19-16-15-17-20-34;/h15-24,26-33,62H,1-14H3;/q-1;. The summed E-state index contributed by atoms with van der Waals surface area (Å²) in [5.74, 6) is 0.954. The molecule has 0 aliphatic carbocycles. The molecule has 336 valence electrons. The van der Waals surface area contributed by atoms with Gasteiger partial charge in [-0.05, 0) is 50.8 Å². The zero-order chi connectivity index (χ0) is 45.9. The van der Waals surface area contributed by atoms with E-state index in [1.807, 2.05) is 12.5 Å². The Morgan fingerprint density at radius 3 is 2.02 bits per heavy atom. The van der Waals surface area contributed by atoms with Gasteiger partial charge in [0.05, 0.1) is 36.0 Å². The van der Waals surface area contributed by atoms with Crippen LogP contribution in [0.15, 0.2) is 110 Å². The average molecular weight is 1070 g/mol. The first-order valence-electron chi connectivity index (χ1n) is 22.5. The Bertz CT molecular complexity index is 3140. The van der Waals surface area contributed by atoms with E-state index in [1.165, 1.54) is 15.9 Å². The normalized spacial score (nSPS) is 13.8. The number of benzene rings is 5. The fraction of sp³-hybridized carbons (Fsp3) is 0.309. The van der Waals surface area contributed by atoms with Crippen molar-refractivity contribution in [1.82, 2.24) is 29.3 Å². The third-order valence-electron chi connectivity index (χ3n) is 13.1. The number of nitrogens with zero attached hydrogens (tertiary/aromatic N) is 6. The summed E-state index contributed by atoms with van der Waals surface area (Å²) >= 11 is 0. The van der Waals surface area contributed by atoms with Gasteiger partial charge in [-0.1, -0.05) is 178 Å². The zero-order valence-corrected chi connectivity index (χ0v) is 44.6. The van der Waals surface area contributed by atoms with Gasteiger partial charge in [0.1, 0.15) is 23.3 Å². The van der Waals surface area contributed by atoms with E-state index < -0.39 is 16.1 Å². The maximum atomic E-state index is 12.6. The first-order chi connectivity index (χ1) is 29.9. The van der Waals surface area contributed by atoms with Crippen LogP contribution in [-0.2, 0) is 37.3 Å². The first-order valence-corrected chi connectivity index (χ1v) is 29.0. The second kappa shape index (κ2) is 16.0. The Balaban J connectivity index is 0.00000576. The fourth-order valence-corrected chi connectivity index (χ4v) is 12.9. The number of para-hydroxylation sites is 1. The van der Waals surface area contributed by atoms with Gasteiger partial charge >= 0.3 is 0 Å². The molecule has 5 aromatic carbocycles. The SMILES string of the molecule is CC(C)(C)c1cc(-c2cc3c(cn2)-n2cnnc2[Si]3(C)C)[c-]c(-c2cccc3c2nc(-c2cc(C(C)(C)C)cc(C(C)(C)C)c2O)n3-c2ccc([Si](C)(C)C)cc2-c2ccccc2)c1.[Pt]. The van der Waals surface area contributed by atoms with Gasteiger partial charge < -0.3 is 5.11 Å². The monoisotopic (exact) mass is 1070 g/mol. The third kappa shape index (κ3) is 8.12. The molecule has 1 aliphatic heterocycles. The molecule has 3 aromatic heterocycles. The molecule has 0 fully saturated rings. The van der Waals surface area contributed by atoms with Gasteiger partial charge in [-0.3, -0.25) is 14.1 Å². The summed E-state index contributed by atoms with van der Waals surface area (Å²) in [6.07, 6.45) is 3.79. The van der Waals surface area contributed by atoms with Gasteiger partial charge in [0.25, 0.3) is 0 Å². The summed E-state index contributed by atoms with van der Waals surface area (Å²) in [7, 11) is -3.82. The largest absolute Gasteiger partial charge is 0.507 e. The van der Waals surface area contributed by atoms with Crippen molar-refractivity contribution in [3.8, 4) is 62.0 Å². The summed E-state index contributed by atoms with van der Waals surface area (Å²) in [6, 6.07) is 39.2. The van der Waals surface area contributed by atoms with E-state index in [1.54, 1.807) is 0 Å². The zero-order valence-electron chi connectivity index (χ0n) is 40.3. The van der Waals surface area contributed by atoms with Crippen LogP contribution in [0, 0.1) is 6.07 Å². The number of aromatic nitrogens is 6. The number of hydrogen-bond donors (Lipinski definition) is 1. The molecule has 0 bridgehead atoms. The van der Waals surface area contributed by atoms with E-state index in [-0.39, 0.29) is 43.1 Å². The van der Waals surface area contributed by atoms with E-state index >= 15 is 0 Å². The maximum absolute atomic E-state index is 12.6. The summed E-state index contributed by atoms with van der Waals surface area (Å²) in [5.41, 5.74) is 14.2. The number of rotatable bonds is 6. The Hall–Kier alpha value is -5.22. The van der Waals surface area contributed by atoms with Crippen LogP contribution in [0.3, 0.4) is 0 Å². The minimum Gasteiger partial charge on any atom is -0.507 e. The number of imidazole rings is 1. The van der Waals surface area contributed by atoms with Crippen molar-refractivity contribution in [3.05, 3.63) is 132 Å². The van der Waals surface area contributed by atoms with Crippen LogP contribution in [0.4, 0.5) is 0 Å². The molecule has 0 spiro atoms. The number of aromatic hydroxyl groups is 1. The predicted molar refractivity (Wildman–Crippen MR) is 272 cm³/mol. The molecule has 7 nitrogen and oxygen atoms in total. The van der Waals surface area contributed by atoms with Crippen LogP contribution in [0.2, 0.25) is 32.7 Å². The Morgan fingerprint density at radius 1 is 0.677 bits per heavy atom. The quantitative estimate of drug-likeness (QED) is 0.133. The van der Waals surface area contributed by atoms with Gasteiger partial charge in [0.15, 0.2) is 8.07 Å². The van der Waals surface area contributed by atoms with Crippen LogP contribution in [0.1, 0.15) is 79.0 Å². The average Bonchev–Trinajstić information content (AvgIpc) is 3.93. The molecule has 0 unspecified atom stereocenters. The molecule has 4 heterocycles. The molecule has 0 radical (unpaired) electrons. The Morgan fingerprint density at radius 2 is 1.35 bits per heavy atom. The van der Waals surface area contributed by atoms with Crippen LogP contribution in [0.25, 0.3) is 67.3 Å². The van der Waals surface area contributed by atoms with Crippen LogP contribution in [-0.4, -0.2) is 50.6 Å². The van der Waals surface area contributed by atoms with Crippen molar-refractivity contribution in [1.29, 1.82) is 0 Å². The number of hydrogen-bond acceptors (Lipinski definition) is 5. The maximum Gasteiger partial charge on any atom is 0.161 e. The van der Waals surface area contributed by atoms with Crippen molar-refractivity contribution in [3.63, 3.8) is 0 Å². The second-order valence-corrected chi connectivity index (χ2v) is 31.7. The molecule has 0 saturated heterocycles. The smallest absolute Gasteiger partial charge is 0.161 e. The van der Waals surface area contributed by atoms with Gasteiger partial charge in [-0.15, -0.1) is 39.5 Å². The third-order valence-corrected chi connectivity index (χ3v) is 18.4. The summed E-state index contributed by atoms with van der Waals surface area (Å²) in [5, 5.41) is 24.0. The summed E-state index contributed by atoms with van der Waals surface area (Å²) in [6.45, 7) is 31.9. The molecule has 1 N–H and O–H groups in total. The number of phenolic OH excluding ortho intramolecular Hbond substituents is 1. The summed E-state index contributed by atoms with van der Waals surface area (Å²) < 4.78 is 4.40. The Kier molecular flexibility index (Phi) is 11.4. The van der Waals surface area contributed by atoms with Gasteiger partial charge in [-0.25, -0.2) is 4.98 Å². The van der Waals surface area contributed by atoms with Crippen LogP contribution < -0.4 is 15.8 Å². The predicted octanol–water partition coefficient (Wildman–Crippen LogP) is 11.7. The molecule has 0 atom stereocenters. The molecular formula is C55H61N6OPtSi2-. The molecular weight excluding hydrogens is 1010 g/mol. The number of phenols is 1. The summed E-state index contributed by atoms with van der Waals surface area (Å²) in [4.78, 5) is 10.8. The molecule has 0 amide bonds. The van der Waals surface area contributed by atoms with Crippen molar-refractivity contribution in [2.24, 2.45) is 0 Å². The van der Waals surface area contributed by atoms with Crippen molar-refractivity contribution in [2.75, 3.05) is 0 Å². The van der Waals surface area contributed by atoms with E-state index in [2.05, 4.69) is 218 Å².